The van der Waals surface area contributed by atoms with Crippen molar-refractivity contribution in [3.8, 4) is 11.6 Å². The molecule has 6 nitrogen and oxygen atoms in total. The molecule has 0 aromatic carbocycles. The number of hydrogen-bond acceptors (Lipinski definition) is 5. The molecule has 1 atom stereocenters. The summed E-state index contributed by atoms with van der Waals surface area (Å²) < 4.78 is 5.21. The minimum Gasteiger partial charge on any atom is -0.461 e. The normalized spacial score (nSPS) is 13.1. The number of aromatic nitrogens is 4. The molecule has 0 aliphatic heterocycles. The van der Waals surface area contributed by atoms with Crippen LogP contribution in [-0.2, 0) is 6.54 Å². The van der Waals surface area contributed by atoms with Crippen LogP contribution < -0.4 is 5.32 Å². The lowest BCUT2D eigenvalue weighted by Gasteiger charge is -2.16. The van der Waals surface area contributed by atoms with Gasteiger partial charge in [0.15, 0.2) is 5.76 Å². The van der Waals surface area contributed by atoms with Gasteiger partial charge in [-0.3, -0.25) is 0 Å². The Morgan fingerprint density at radius 3 is 2.89 bits per heavy atom. The Balaban J connectivity index is 1.84. The van der Waals surface area contributed by atoms with Crippen molar-refractivity contribution < 1.29 is 4.42 Å². The summed E-state index contributed by atoms with van der Waals surface area (Å²) >= 11 is 0. The van der Waals surface area contributed by atoms with Crippen LogP contribution in [-0.4, -0.2) is 32.8 Å². The smallest absolute Gasteiger partial charge is 0.240 e. The van der Waals surface area contributed by atoms with Crippen LogP contribution in [0.5, 0.6) is 0 Å². The Hall–Kier alpha value is -1.69. The molecule has 0 saturated heterocycles. The molecule has 0 bridgehead atoms. The molecule has 0 aliphatic carbocycles. The Morgan fingerprint density at radius 1 is 1.39 bits per heavy atom. The van der Waals surface area contributed by atoms with Crippen LogP contribution in [0.2, 0.25) is 0 Å². The maximum atomic E-state index is 5.21. The maximum absolute atomic E-state index is 5.21. The lowest BCUT2D eigenvalue weighted by atomic mass is 10.1. The Labute approximate surface area is 106 Å². The first-order valence-corrected chi connectivity index (χ1v) is 6.22. The van der Waals surface area contributed by atoms with E-state index in [0.29, 0.717) is 30.1 Å². The van der Waals surface area contributed by atoms with E-state index in [2.05, 4.69) is 41.5 Å². The highest BCUT2D eigenvalue weighted by atomic mass is 16.3. The van der Waals surface area contributed by atoms with Gasteiger partial charge in [0, 0.05) is 12.6 Å². The van der Waals surface area contributed by atoms with E-state index in [1.54, 1.807) is 11.1 Å². The second kappa shape index (κ2) is 5.77. The van der Waals surface area contributed by atoms with Crippen molar-refractivity contribution >= 4 is 0 Å². The number of furan rings is 1. The molecule has 2 aromatic rings. The van der Waals surface area contributed by atoms with Gasteiger partial charge in [-0.1, -0.05) is 13.8 Å². The monoisotopic (exact) mass is 249 g/mol. The second-order valence-electron chi connectivity index (χ2n) is 4.67. The molecule has 2 rings (SSSR count). The fourth-order valence-corrected chi connectivity index (χ4v) is 1.47. The van der Waals surface area contributed by atoms with Crippen LogP contribution in [0, 0.1) is 5.92 Å². The van der Waals surface area contributed by atoms with E-state index in [0.717, 1.165) is 6.54 Å². The zero-order valence-corrected chi connectivity index (χ0v) is 11.0. The lowest BCUT2D eigenvalue weighted by molar-refractivity contribution is 0.398. The van der Waals surface area contributed by atoms with Crippen molar-refractivity contribution in [1.29, 1.82) is 0 Å². The van der Waals surface area contributed by atoms with Gasteiger partial charge in [-0.15, -0.1) is 10.2 Å². The first-order valence-electron chi connectivity index (χ1n) is 6.22. The molecule has 1 N–H and O–H groups in total. The third-order valence-electron chi connectivity index (χ3n) is 2.97. The molecule has 0 aliphatic rings. The molecule has 0 saturated carbocycles. The predicted molar refractivity (Wildman–Crippen MR) is 67.8 cm³/mol. The largest absolute Gasteiger partial charge is 0.461 e. The van der Waals surface area contributed by atoms with E-state index < -0.39 is 0 Å². The zero-order valence-electron chi connectivity index (χ0n) is 11.0. The van der Waals surface area contributed by atoms with Crippen molar-refractivity contribution in [2.24, 2.45) is 5.92 Å². The average Bonchev–Trinajstić information content (AvgIpc) is 2.98. The van der Waals surface area contributed by atoms with Gasteiger partial charge in [-0.05, 0) is 30.2 Å². The van der Waals surface area contributed by atoms with Gasteiger partial charge in [0.1, 0.15) is 0 Å². The summed E-state index contributed by atoms with van der Waals surface area (Å²) in [5.74, 6) is 1.79. The molecule has 98 valence electrons. The van der Waals surface area contributed by atoms with Crippen molar-refractivity contribution in [3.63, 3.8) is 0 Å². The van der Waals surface area contributed by atoms with E-state index in [1.165, 1.54) is 0 Å². The Kier molecular flexibility index (Phi) is 4.09. The summed E-state index contributed by atoms with van der Waals surface area (Å²) in [5.41, 5.74) is 0. The minimum atomic E-state index is 0.484. The minimum absolute atomic E-state index is 0.484. The van der Waals surface area contributed by atoms with Crippen LogP contribution >= 0.6 is 0 Å². The first-order chi connectivity index (χ1) is 8.66. The summed E-state index contributed by atoms with van der Waals surface area (Å²) in [6, 6.07) is 4.11. The van der Waals surface area contributed by atoms with E-state index in [4.69, 9.17) is 4.42 Å². The van der Waals surface area contributed by atoms with E-state index in [-0.39, 0.29) is 0 Å². The summed E-state index contributed by atoms with van der Waals surface area (Å²) in [7, 11) is 0. The van der Waals surface area contributed by atoms with Crippen LogP contribution in [0.15, 0.2) is 22.8 Å². The topological polar surface area (TPSA) is 68.8 Å². The van der Waals surface area contributed by atoms with Gasteiger partial charge in [-0.25, -0.2) is 0 Å². The van der Waals surface area contributed by atoms with Gasteiger partial charge in [0.2, 0.25) is 5.82 Å². The third kappa shape index (κ3) is 3.16. The van der Waals surface area contributed by atoms with Gasteiger partial charge >= 0.3 is 0 Å². The fourth-order valence-electron chi connectivity index (χ4n) is 1.47. The van der Waals surface area contributed by atoms with Gasteiger partial charge in [-0.2, -0.15) is 4.80 Å². The summed E-state index contributed by atoms with van der Waals surface area (Å²) in [6.45, 7) is 8.09. The molecular weight excluding hydrogens is 230 g/mol. The van der Waals surface area contributed by atoms with E-state index in [9.17, 15) is 0 Å². The summed E-state index contributed by atoms with van der Waals surface area (Å²) in [6.07, 6.45) is 1.60. The predicted octanol–water partition coefficient (Wildman–Crippen LogP) is 1.57. The van der Waals surface area contributed by atoms with Crippen LogP contribution in [0.3, 0.4) is 0 Å². The Morgan fingerprint density at radius 2 is 2.22 bits per heavy atom. The van der Waals surface area contributed by atoms with Gasteiger partial charge in [0.05, 0.1) is 12.8 Å². The van der Waals surface area contributed by atoms with E-state index in [1.807, 2.05) is 12.1 Å². The highest BCUT2D eigenvalue weighted by Gasteiger charge is 2.09. The van der Waals surface area contributed by atoms with Crippen molar-refractivity contribution in [2.45, 2.75) is 33.4 Å². The molecule has 0 radical (unpaired) electrons. The number of rotatable bonds is 6. The highest BCUT2D eigenvalue weighted by Crippen LogP contribution is 2.12. The zero-order chi connectivity index (χ0) is 13.0. The van der Waals surface area contributed by atoms with Crippen molar-refractivity contribution in [3.05, 3.63) is 18.4 Å². The average molecular weight is 249 g/mol. The van der Waals surface area contributed by atoms with Crippen molar-refractivity contribution in [2.75, 3.05) is 6.54 Å². The molecule has 2 aromatic heterocycles. The highest BCUT2D eigenvalue weighted by molar-refractivity contribution is 5.43. The lowest BCUT2D eigenvalue weighted by Crippen LogP contribution is -2.33. The first kappa shape index (κ1) is 12.8. The molecule has 0 fully saturated rings. The molecule has 6 heteroatoms. The van der Waals surface area contributed by atoms with Gasteiger partial charge < -0.3 is 9.73 Å². The SMILES string of the molecule is CC(C)C(C)NCCn1nnc(-c2ccco2)n1. The molecule has 0 spiro atoms. The summed E-state index contributed by atoms with van der Waals surface area (Å²) in [4.78, 5) is 1.58. The van der Waals surface area contributed by atoms with Crippen LogP contribution in [0.25, 0.3) is 11.6 Å². The molecule has 1 unspecified atom stereocenters. The fraction of sp³-hybridized carbons (Fsp3) is 0.583. The number of nitrogens with one attached hydrogen (secondary N) is 1. The Bertz CT molecular complexity index is 463. The maximum Gasteiger partial charge on any atom is 0.240 e. The molecule has 2 heterocycles. The van der Waals surface area contributed by atoms with Crippen molar-refractivity contribution in [1.82, 2.24) is 25.5 Å². The van der Waals surface area contributed by atoms with E-state index >= 15 is 0 Å². The third-order valence-corrected chi connectivity index (χ3v) is 2.97. The second-order valence-corrected chi connectivity index (χ2v) is 4.67. The van der Waals surface area contributed by atoms with Gasteiger partial charge in [0.25, 0.3) is 0 Å². The molecule has 0 amide bonds. The number of tetrazole rings is 1. The standard InChI is InChI=1S/C12H19N5O/c1-9(2)10(3)13-6-7-17-15-12(14-16-17)11-5-4-8-18-11/h4-5,8-10,13H,6-7H2,1-3H3. The summed E-state index contributed by atoms with van der Waals surface area (Å²) in [5, 5.41) is 15.6. The van der Waals surface area contributed by atoms with Crippen LogP contribution in [0.1, 0.15) is 20.8 Å². The number of hydrogen-bond donors (Lipinski definition) is 1. The quantitative estimate of drug-likeness (QED) is 0.841. The molecular formula is C12H19N5O. The number of nitrogens with zero attached hydrogens (tertiary/aromatic N) is 4. The molecule has 18 heavy (non-hydrogen) atoms. The van der Waals surface area contributed by atoms with Crippen LogP contribution in [0.4, 0.5) is 0 Å².